The molecule has 0 spiro atoms. The van der Waals surface area contributed by atoms with Gasteiger partial charge in [-0.2, -0.15) is 0 Å². The maximum atomic E-state index is 12.7. The first-order chi connectivity index (χ1) is 13.5. The lowest BCUT2D eigenvalue weighted by molar-refractivity contribution is 0.0933. The van der Waals surface area contributed by atoms with Gasteiger partial charge in [-0.1, -0.05) is 13.0 Å². The summed E-state index contributed by atoms with van der Waals surface area (Å²) in [6.07, 6.45) is 5.74. The third-order valence-corrected chi connectivity index (χ3v) is 5.95. The SMILES string of the molecule is CCCS(=O)(=O)Nc1cccc(C(=O)NC2CCCN(c3ncccn3)C2)c1. The number of carbonyl (C=O) groups is 1. The van der Waals surface area contributed by atoms with Crippen LogP contribution in [0.4, 0.5) is 11.6 Å². The summed E-state index contributed by atoms with van der Waals surface area (Å²) in [4.78, 5) is 23.3. The fourth-order valence-corrected chi connectivity index (χ4v) is 4.35. The van der Waals surface area contributed by atoms with Crippen molar-refractivity contribution in [2.75, 3.05) is 28.5 Å². The van der Waals surface area contributed by atoms with Gasteiger partial charge in [-0.15, -0.1) is 0 Å². The van der Waals surface area contributed by atoms with Crippen molar-refractivity contribution in [2.24, 2.45) is 0 Å². The summed E-state index contributed by atoms with van der Waals surface area (Å²) in [5, 5.41) is 3.04. The zero-order chi connectivity index (χ0) is 20.0. The van der Waals surface area contributed by atoms with Crippen molar-refractivity contribution in [1.82, 2.24) is 15.3 Å². The minimum atomic E-state index is -3.39. The topological polar surface area (TPSA) is 104 Å². The van der Waals surface area contributed by atoms with Gasteiger partial charge in [-0.05, 0) is 43.5 Å². The van der Waals surface area contributed by atoms with E-state index in [2.05, 4.69) is 24.9 Å². The lowest BCUT2D eigenvalue weighted by Crippen LogP contribution is -2.48. The second-order valence-corrected chi connectivity index (χ2v) is 8.65. The predicted octanol–water partition coefficient (Wildman–Crippen LogP) is 2.03. The summed E-state index contributed by atoms with van der Waals surface area (Å²) in [6, 6.07) is 8.29. The van der Waals surface area contributed by atoms with E-state index in [0.717, 1.165) is 19.4 Å². The number of nitrogens with zero attached hydrogens (tertiary/aromatic N) is 3. The molecule has 1 atom stereocenters. The minimum absolute atomic E-state index is 0.0227. The molecular formula is C19H25N5O3S. The molecular weight excluding hydrogens is 378 g/mol. The fourth-order valence-electron chi connectivity index (χ4n) is 3.22. The van der Waals surface area contributed by atoms with Crippen LogP contribution in [0.2, 0.25) is 0 Å². The van der Waals surface area contributed by atoms with Gasteiger partial charge >= 0.3 is 0 Å². The number of benzene rings is 1. The van der Waals surface area contributed by atoms with Gasteiger partial charge in [0.25, 0.3) is 5.91 Å². The van der Waals surface area contributed by atoms with Crippen LogP contribution in [0.25, 0.3) is 0 Å². The van der Waals surface area contributed by atoms with Crippen LogP contribution in [0.5, 0.6) is 0 Å². The van der Waals surface area contributed by atoms with Crippen molar-refractivity contribution in [1.29, 1.82) is 0 Å². The molecule has 2 N–H and O–H groups in total. The van der Waals surface area contributed by atoms with Crippen molar-refractivity contribution < 1.29 is 13.2 Å². The van der Waals surface area contributed by atoms with Crippen LogP contribution in [-0.4, -0.2) is 49.2 Å². The average Bonchev–Trinajstić information content (AvgIpc) is 2.68. The van der Waals surface area contributed by atoms with Crippen LogP contribution in [-0.2, 0) is 10.0 Å². The van der Waals surface area contributed by atoms with Crippen molar-refractivity contribution >= 4 is 27.6 Å². The molecule has 0 saturated carbocycles. The van der Waals surface area contributed by atoms with E-state index in [9.17, 15) is 13.2 Å². The molecule has 0 bridgehead atoms. The summed E-state index contributed by atoms with van der Waals surface area (Å²) in [7, 11) is -3.39. The highest BCUT2D eigenvalue weighted by molar-refractivity contribution is 7.92. The van der Waals surface area contributed by atoms with E-state index in [1.807, 2.05) is 0 Å². The molecule has 8 nitrogen and oxygen atoms in total. The molecule has 28 heavy (non-hydrogen) atoms. The number of hydrogen-bond donors (Lipinski definition) is 2. The molecule has 2 aromatic rings. The van der Waals surface area contributed by atoms with E-state index in [1.54, 1.807) is 49.6 Å². The van der Waals surface area contributed by atoms with E-state index >= 15 is 0 Å². The van der Waals surface area contributed by atoms with Crippen LogP contribution in [0.15, 0.2) is 42.7 Å². The van der Waals surface area contributed by atoms with E-state index in [1.165, 1.54) is 0 Å². The maximum absolute atomic E-state index is 12.7. The number of aromatic nitrogens is 2. The smallest absolute Gasteiger partial charge is 0.251 e. The molecule has 3 rings (SSSR count). The Hall–Kier alpha value is -2.68. The van der Waals surface area contributed by atoms with E-state index in [-0.39, 0.29) is 17.7 Å². The number of piperidine rings is 1. The number of carbonyl (C=O) groups excluding carboxylic acids is 1. The number of sulfonamides is 1. The first-order valence-corrected chi connectivity index (χ1v) is 11.1. The van der Waals surface area contributed by atoms with Gasteiger partial charge in [0, 0.05) is 42.8 Å². The average molecular weight is 404 g/mol. The summed E-state index contributed by atoms with van der Waals surface area (Å²) in [5.41, 5.74) is 0.814. The molecule has 2 heterocycles. The molecule has 9 heteroatoms. The van der Waals surface area contributed by atoms with Gasteiger partial charge in [0.05, 0.1) is 5.75 Å². The van der Waals surface area contributed by atoms with Crippen LogP contribution in [0, 0.1) is 0 Å². The Morgan fingerprint density at radius 2 is 2.04 bits per heavy atom. The Morgan fingerprint density at radius 1 is 1.25 bits per heavy atom. The Labute approximate surface area is 165 Å². The zero-order valence-corrected chi connectivity index (χ0v) is 16.7. The van der Waals surface area contributed by atoms with Gasteiger partial charge in [-0.3, -0.25) is 9.52 Å². The Bertz CT molecular complexity index is 905. The molecule has 1 aromatic heterocycles. The lowest BCUT2D eigenvalue weighted by atomic mass is 10.1. The van der Waals surface area contributed by atoms with Gasteiger partial charge in [0.2, 0.25) is 16.0 Å². The predicted molar refractivity (Wildman–Crippen MR) is 109 cm³/mol. The molecule has 1 unspecified atom stereocenters. The molecule has 1 fully saturated rings. The molecule has 1 aromatic carbocycles. The van der Waals surface area contributed by atoms with Crippen LogP contribution in [0.1, 0.15) is 36.5 Å². The number of amides is 1. The quantitative estimate of drug-likeness (QED) is 0.733. The standard InChI is InChI=1S/C19H25N5O3S/c1-2-12-28(26,27)23-16-7-3-6-15(13-16)18(25)22-17-8-4-11-24(14-17)19-20-9-5-10-21-19/h3,5-7,9-10,13,17,23H,2,4,8,11-12,14H2,1H3,(H,22,25). The van der Waals surface area contributed by atoms with Crippen LogP contribution in [0.3, 0.4) is 0 Å². The first kappa shape index (κ1) is 20.1. The second kappa shape index (κ2) is 9.01. The monoisotopic (exact) mass is 403 g/mol. The summed E-state index contributed by atoms with van der Waals surface area (Å²) >= 11 is 0. The molecule has 1 aliphatic heterocycles. The van der Waals surface area contributed by atoms with E-state index in [4.69, 9.17) is 0 Å². The fraction of sp³-hybridized carbons (Fsp3) is 0.421. The number of anilines is 2. The maximum Gasteiger partial charge on any atom is 0.251 e. The molecule has 1 amide bonds. The van der Waals surface area contributed by atoms with Gasteiger partial charge in [0.1, 0.15) is 0 Å². The number of rotatable bonds is 7. The van der Waals surface area contributed by atoms with Crippen LogP contribution >= 0.6 is 0 Å². The van der Waals surface area contributed by atoms with Crippen molar-refractivity contribution in [3.63, 3.8) is 0 Å². The van der Waals surface area contributed by atoms with Gasteiger partial charge in [0.15, 0.2) is 0 Å². The third-order valence-electron chi connectivity index (χ3n) is 4.46. The van der Waals surface area contributed by atoms with Crippen molar-refractivity contribution in [2.45, 2.75) is 32.2 Å². The molecule has 0 aliphatic carbocycles. The van der Waals surface area contributed by atoms with Crippen molar-refractivity contribution in [3.05, 3.63) is 48.3 Å². The summed E-state index contributed by atoms with van der Waals surface area (Å²) in [6.45, 7) is 3.29. The summed E-state index contributed by atoms with van der Waals surface area (Å²) in [5.74, 6) is 0.481. The zero-order valence-electron chi connectivity index (χ0n) is 15.8. The highest BCUT2D eigenvalue weighted by Gasteiger charge is 2.23. The Balaban J connectivity index is 1.64. The minimum Gasteiger partial charge on any atom is -0.348 e. The second-order valence-electron chi connectivity index (χ2n) is 6.81. The summed E-state index contributed by atoms with van der Waals surface area (Å²) < 4.78 is 26.4. The Morgan fingerprint density at radius 3 is 2.79 bits per heavy atom. The first-order valence-electron chi connectivity index (χ1n) is 9.40. The highest BCUT2D eigenvalue weighted by atomic mass is 32.2. The number of nitrogens with one attached hydrogen (secondary N) is 2. The van der Waals surface area contributed by atoms with Crippen molar-refractivity contribution in [3.8, 4) is 0 Å². The van der Waals surface area contributed by atoms with E-state index in [0.29, 0.717) is 30.2 Å². The largest absolute Gasteiger partial charge is 0.348 e. The van der Waals surface area contributed by atoms with Gasteiger partial charge < -0.3 is 10.2 Å². The molecule has 1 aliphatic rings. The lowest BCUT2D eigenvalue weighted by Gasteiger charge is -2.33. The molecule has 0 radical (unpaired) electrons. The van der Waals surface area contributed by atoms with E-state index < -0.39 is 10.0 Å². The highest BCUT2D eigenvalue weighted by Crippen LogP contribution is 2.17. The number of hydrogen-bond acceptors (Lipinski definition) is 6. The normalized spacial score (nSPS) is 17.2. The molecule has 1 saturated heterocycles. The third kappa shape index (κ3) is 5.41. The van der Waals surface area contributed by atoms with Gasteiger partial charge in [-0.25, -0.2) is 18.4 Å². The Kier molecular flexibility index (Phi) is 6.45. The molecule has 150 valence electrons. The van der Waals surface area contributed by atoms with Crippen LogP contribution < -0.4 is 14.9 Å².